The van der Waals surface area contributed by atoms with E-state index in [0.29, 0.717) is 0 Å². The van der Waals surface area contributed by atoms with Gasteiger partial charge in [0.1, 0.15) is 5.69 Å². The van der Waals surface area contributed by atoms with E-state index in [1.54, 1.807) is 0 Å². The monoisotopic (exact) mass is 187 g/mol. The van der Waals surface area contributed by atoms with E-state index in [-0.39, 0.29) is 17.1 Å². The molecule has 0 aromatic carbocycles. The lowest BCUT2D eigenvalue weighted by Crippen LogP contribution is -2.17. The van der Waals surface area contributed by atoms with Gasteiger partial charge in [0.25, 0.3) is 5.91 Å². The van der Waals surface area contributed by atoms with Gasteiger partial charge in [-0.1, -0.05) is 13.2 Å². The second-order valence-electron chi connectivity index (χ2n) is 2.55. The molecule has 1 heterocycles. The van der Waals surface area contributed by atoms with Gasteiger partial charge in [-0.2, -0.15) is 5.10 Å². The Balaban J connectivity index is 3.15. The Kier molecular flexibility index (Phi) is 1.24. The quantitative estimate of drug-likeness (QED) is 0.701. The molecule has 4 N–H and O–H groups in total. The molecule has 5 nitrogen and oxygen atoms in total. The number of hydrogen-bond acceptors (Lipinski definition) is 3. The zero-order valence-electron chi connectivity index (χ0n) is 12.2. The van der Waals surface area contributed by atoms with Crippen LogP contribution in [-0.2, 0) is 13.5 Å². The van der Waals surface area contributed by atoms with E-state index in [1.165, 1.54) is 7.05 Å². The van der Waals surface area contributed by atoms with Crippen molar-refractivity contribution in [1.29, 1.82) is 0 Å². The fraction of sp³-hybridized carbons (Fsp3) is 0.500. The maximum Gasteiger partial charge on any atom is 0.269 e. The highest BCUT2D eigenvalue weighted by atomic mass is 16.1. The molecular weight excluding hydrogens is 168 g/mol. The van der Waals surface area contributed by atoms with Gasteiger partial charge in [-0.3, -0.25) is 9.48 Å². The van der Waals surface area contributed by atoms with E-state index in [9.17, 15) is 4.79 Å². The van der Waals surface area contributed by atoms with Crippen LogP contribution in [0.15, 0.2) is 0 Å². The van der Waals surface area contributed by atoms with Crippen molar-refractivity contribution in [3.8, 4) is 0 Å². The predicted molar refractivity (Wildman–Crippen MR) is 50.1 cm³/mol. The Morgan fingerprint density at radius 3 is 3.00 bits per heavy atom. The molecular formula is C8H14N4O. The van der Waals surface area contributed by atoms with Crippen LogP contribution in [0, 0.1) is 0 Å². The lowest BCUT2D eigenvalue weighted by atomic mass is 10.2. The van der Waals surface area contributed by atoms with Crippen molar-refractivity contribution in [3.63, 3.8) is 0 Å². The zero-order valence-corrected chi connectivity index (χ0v) is 7.16. The summed E-state index contributed by atoms with van der Waals surface area (Å²) in [5, 5.41) is 3.83. The summed E-state index contributed by atoms with van der Waals surface area (Å²) in [6, 6.07) is 0. The Hall–Kier alpha value is -1.52. The molecule has 0 aliphatic heterocycles. The molecule has 0 spiro atoms. The molecule has 5 heteroatoms. The van der Waals surface area contributed by atoms with Crippen LogP contribution in [0.2, 0.25) is 0 Å². The summed E-state index contributed by atoms with van der Waals surface area (Å²) < 4.78 is 37.3. The van der Waals surface area contributed by atoms with Gasteiger partial charge in [-0.15, -0.1) is 0 Å². The maximum absolute atomic E-state index is 11.1. The first kappa shape index (κ1) is 4.64. The molecule has 1 aromatic heterocycles. The van der Waals surface area contributed by atoms with Crippen molar-refractivity contribution in [2.75, 3.05) is 5.73 Å². The number of nitrogen functional groups attached to an aromatic ring is 1. The third-order valence-electron chi connectivity index (χ3n) is 1.65. The fourth-order valence-corrected chi connectivity index (χ4v) is 1.10. The molecule has 1 amide bonds. The Bertz CT molecular complexity index is 479. The van der Waals surface area contributed by atoms with E-state index in [4.69, 9.17) is 18.3 Å². The normalized spacial score (nSPS) is 18.1. The smallest absolute Gasteiger partial charge is 0.269 e. The highest BCUT2D eigenvalue weighted by molar-refractivity contribution is 5.96. The molecule has 0 saturated heterocycles. The third-order valence-corrected chi connectivity index (χ3v) is 1.65. The minimum Gasteiger partial charge on any atom is -0.395 e. The van der Waals surface area contributed by atoms with Crippen LogP contribution < -0.4 is 11.5 Å². The number of amides is 1. The largest absolute Gasteiger partial charge is 0.395 e. The summed E-state index contributed by atoms with van der Waals surface area (Å²) in [6.45, 7) is -2.80. The molecule has 0 unspecified atom stereocenters. The second kappa shape index (κ2) is 3.47. The van der Waals surface area contributed by atoms with Gasteiger partial charge in [0.15, 0.2) is 0 Å². The van der Waals surface area contributed by atoms with Gasteiger partial charge < -0.3 is 11.5 Å². The van der Waals surface area contributed by atoms with Crippen LogP contribution in [0.1, 0.15) is 36.3 Å². The van der Waals surface area contributed by atoms with Crippen LogP contribution in [0.3, 0.4) is 0 Å². The number of carbonyl (C=O) groups excluding carboxylic acids is 1. The minimum absolute atomic E-state index is 0.00688. The first-order valence-corrected chi connectivity index (χ1v) is 3.58. The van der Waals surface area contributed by atoms with Crippen LogP contribution in [0.4, 0.5) is 5.69 Å². The maximum atomic E-state index is 11.1. The van der Waals surface area contributed by atoms with Crippen molar-refractivity contribution in [3.05, 3.63) is 11.4 Å². The molecule has 1 rings (SSSR count). The number of nitrogens with two attached hydrogens (primary N) is 2. The molecule has 72 valence electrons. The standard InChI is InChI=1S/C8H14N4O/c1-3-4-5-6(9)7(8(10)13)12(2)11-5/h3-4,9H2,1-2H3,(H2,10,13)/i1D3,3D2. The number of hydrogen-bond donors (Lipinski definition) is 2. The van der Waals surface area contributed by atoms with Crippen LogP contribution in [0.5, 0.6) is 0 Å². The van der Waals surface area contributed by atoms with E-state index in [2.05, 4.69) is 5.10 Å². The number of rotatable bonds is 3. The van der Waals surface area contributed by atoms with Crippen molar-refractivity contribution in [2.45, 2.75) is 19.6 Å². The summed E-state index contributed by atoms with van der Waals surface area (Å²) >= 11 is 0. The van der Waals surface area contributed by atoms with Gasteiger partial charge >= 0.3 is 0 Å². The number of nitrogens with zero attached hydrogens (tertiary/aromatic N) is 2. The summed E-state index contributed by atoms with van der Waals surface area (Å²) in [5.74, 6) is -0.803. The van der Waals surface area contributed by atoms with E-state index >= 15 is 0 Å². The third kappa shape index (κ3) is 1.63. The first-order valence-electron chi connectivity index (χ1n) is 6.08. The van der Waals surface area contributed by atoms with Crippen LogP contribution in [-0.4, -0.2) is 15.7 Å². The Labute approximate surface area is 83.7 Å². The molecule has 0 aliphatic carbocycles. The lowest BCUT2D eigenvalue weighted by Gasteiger charge is -1.96. The molecule has 0 fully saturated rings. The Morgan fingerprint density at radius 1 is 1.85 bits per heavy atom. The number of aromatic nitrogens is 2. The SMILES string of the molecule is [2H]C([2H])([2H])C([2H])([2H])Cc1nn(C)c(C(N)=O)c1N. The molecule has 0 bridgehead atoms. The zero-order chi connectivity index (χ0) is 14.3. The van der Waals surface area contributed by atoms with Crippen molar-refractivity contribution < 1.29 is 11.6 Å². The second-order valence-corrected chi connectivity index (χ2v) is 2.55. The Morgan fingerprint density at radius 2 is 2.54 bits per heavy atom. The van der Waals surface area contributed by atoms with Crippen LogP contribution >= 0.6 is 0 Å². The molecule has 0 aliphatic rings. The van der Waals surface area contributed by atoms with Gasteiger partial charge in [0, 0.05) is 13.9 Å². The van der Waals surface area contributed by atoms with Crippen molar-refractivity contribution in [2.24, 2.45) is 12.8 Å². The molecule has 1 aromatic rings. The van der Waals surface area contributed by atoms with E-state index < -0.39 is 25.6 Å². The van der Waals surface area contributed by atoms with Gasteiger partial charge in [0.05, 0.1) is 11.4 Å². The van der Waals surface area contributed by atoms with Crippen molar-refractivity contribution in [1.82, 2.24) is 9.78 Å². The molecule has 0 saturated carbocycles. The first-order chi connectivity index (χ1) is 7.97. The number of aryl methyl sites for hydroxylation is 2. The predicted octanol–water partition coefficient (Wildman–Crippen LogP) is 0.0537. The summed E-state index contributed by atoms with van der Waals surface area (Å²) in [7, 11) is 1.42. The summed E-state index contributed by atoms with van der Waals surface area (Å²) in [5.41, 5.74) is 10.6. The molecule has 13 heavy (non-hydrogen) atoms. The van der Waals surface area contributed by atoms with Gasteiger partial charge in [-0.05, 0) is 6.42 Å². The summed E-state index contributed by atoms with van der Waals surface area (Å²) in [4.78, 5) is 11.1. The average molecular weight is 187 g/mol. The van der Waals surface area contributed by atoms with Crippen LogP contribution in [0.25, 0.3) is 0 Å². The molecule has 0 atom stereocenters. The highest BCUT2D eigenvalue weighted by Gasteiger charge is 2.16. The van der Waals surface area contributed by atoms with Gasteiger partial charge in [0.2, 0.25) is 0 Å². The highest BCUT2D eigenvalue weighted by Crippen LogP contribution is 2.16. The lowest BCUT2D eigenvalue weighted by molar-refractivity contribution is 0.0992. The average Bonchev–Trinajstić information content (AvgIpc) is 2.38. The number of carbonyl (C=O) groups is 1. The van der Waals surface area contributed by atoms with Gasteiger partial charge in [-0.25, -0.2) is 0 Å². The van der Waals surface area contributed by atoms with E-state index in [0.717, 1.165) is 4.68 Å². The topological polar surface area (TPSA) is 86.9 Å². The number of primary amides is 1. The minimum atomic E-state index is -2.80. The van der Waals surface area contributed by atoms with Crippen molar-refractivity contribution >= 4 is 11.6 Å². The van der Waals surface area contributed by atoms with E-state index in [1.807, 2.05) is 0 Å². The summed E-state index contributed by atoms with van der Waals surface area (Å²) in [6.07, 6.45) is -3.00. The fourth-order valence-electron chi connectivity index (χ4n) is 1.10. The molecule has 0 radical (unpaired) electrons. The number of anilines is 1.